The van der Waals surface area contributed by atoms with Gasteiger partial charge >= 0.3 is 0 Å². The molecular formula is C14H30N2. The van der Waals surface area contributed by atoms with Gasteiger partial charge in [-0.25, -0.2) is 0 Å². The van der Waals surface area contributed by atoms with Crippen molar-refractivity contribution in [3.63, 3.8) is 0 Å². The number of hydrogen-bond donors (Lipinski definition) is 1. The molecule has 1 rings (SSSR count). The van der Waals surface area contributed by atoms with E-state index < -0.39 is 0 Å². The van der Waals surface area contributed by atoms with E-state index in [1.54, 1.807) is 0 Å². The average molecular weight is 226 g/mol. The van der Waals surface area contributed by atoms with Crippen molar-refractivity contribution in [3.8, 4) is 0 Å². The van der Waals surface area contributed by atoms with Crippen LogP contribution < -0.4 is 5.32 Å². The Morgan fingerprint density at radius 2 is 1.81 bits per heavy atom. The third-order valence-corrected chi connectivity index (χ3v) is 4.04. The van der Waals surface area contributed by atoms with Gasteiger partial charge in [-0.05, 0) is 38.8 Å². The van der Waals surface area contributed by atoms with Crippen LogP contribution in [0.25, 0.3) is 0 Å². The largest absolute Gasteiger partial charge is 0.310 e. The van der Waals surface area contributed by atoms with E-state index in [1.165, 1.54) is 45.3 Å². The van der Waals surface area contributed by atoms with Gasteiger partial charge < -0.3 is 10.2 Å². The minimum Gasteiger partial charge on any atom is -0.310 e. The maximum absolute atomic E-state index is 3.83. The minimum absolute atomic E-state index is 0.630. The molecule has 0 aromatic heterocycles. The summed E-state index contributed by atoms with van der Waals surface area (Å²) >= 11 is 0. The highest BCUT2D eigenvalue weighted by atomic mass is 15.1. The van der Waals surface area contributed by atoms with Crippen molar-refractivity contribution in [2.24, 2.45) is 5.92 Å². The lowest BCUT2D eigenvalue weighted by molar-refractivity contribution is 0.220. The summed E-state index contributed by atoms with van der Waals surface area (Å²) in [6.45, 7) is 12.8. The van der Waals surface area contributed by atoms with Crippen LogP contribution in [-0.4, -0.2) is 36.6 Å². The molecule has 0 heterocycles. The van der Waals surface area contributed by atoms with Gasteiger partial charge in [0, 0.05) is 18.6 Å². The van der Waals surface area contributed by atoms with E-state index in [0.717, 1.165) is 12.0 Å². The Kier molecular flexibility index (Phi) is 6.37. The lowest BCUT2D eigenvalue weighted by Gasteiger charge is -2.33. The number of likely N-dealkylation sites (N-methyl/N-ethyl adjacent to an activating group) is 1. The van der Waals surface area contributed by atoms with E-state index in [9.17, 15) is 0 Å². The maximum Gasteiger partial charge on any atom is 0.0169 e. The molecule has 0 aromatic rings. The Balaban J connectivity index is 2.29. The Hall–Kier alpha value is -0.0800. The molecule has 0 aromatic carbocycles. The topological polar surface area (TPSA) is 15.3 Å². The van der Waals surface area contributed by atoms with Crippen LogP contribution >= 0.6 is 0 Å². The van der Waals surface area contributed by atoms with E-state index in [2.05, 4.69) is 37.9 Å². The monoisotopic (exact) mass is 226 g/mol. The van der Waals surface area contributed by atoms with Gasteiger partial charge in [0.15, 0.2) is 0 Å². The highest BCUT2D eigenvalue weighted by Gasteiger charge is 2.22. The van der Waals surface area contributed by atoms with Gasteiger partial charge in [-0.3, -0.25) is 0 Å². The molecule has 0 amide bonds. The first-order chi connectivity index (χ1) is 7.67. The van der Waals surface area contributed by atoms with Crippen LogP contribution in [0, 0.1) is 5.92 Å². The first-order valence-corrected chi connectivity index (χ1v) is 7.15. The second-order valence-electron chi connectivity index (χ2n) is 5.42. The summed E-state index contributed by atoms with van der Waals surface area (Å²) in [7, 11) is 0. The standard InChI is InChI=1S/C14H30N2/c1-5-16(6-2)11-13(4)15-14-10-8-7-9-12(14)3/h12-15H,5-11H2,1-4H3. The first kappa shape index (κ1) is 14.0. The molecule has 0 aliphatic heterocycles. The zero-order valence-electron chi connectivity index (χ0n) is 11.6. The Labute approximate surface area is 102 Å². The van der Waals surface area contributed by atoms with Crippen molar-refractivity contribution in [1.82, 2.24) is 10.2 Å². The fourth-order valence-electron chi connectivity index (χ4n) is 2.85. The van der Waals surface area contributed by atoms with Crippen LogP contribution in [0.3, 0.4) is 0 Å². The molecule has 0 saturated heterocycles. The van der Waals surface area contributed by atoms with Crippen LogP contribution in [0.15, 0.2) is 0 Å². The molecule has 2 heteroatoms. The third kappa shape index (κ3) is 4.42. The Morgan fingerprint density at radius 1 is 1.19 bits per heavy atom. The van der Waals surface area contributed by atoms with Crippen LogP contribution in [0.5, 0.6) is 0 Å². The van der Waals surface area contributed by atoms with Crippen LogP contribution in [0.4, 0.5) is 0 Å². The lowest BCUT2D eigenvalue weighted by Crippen LogP contribution is -2.47. The molecule has 3 unspecified atom stereocenters. The fraction of sp³-hybridized carbons (Fsp3) is 1.00. The third-order valence-electron chi connectivity index (χ3n) is 4.04. The molecule has 0 spiro atoms. The number of hydrogen-bond acceptors (Lipinski definition) is 2. The number of nitrogens with one attached hydrogen (secondary N) is 1. The predicted molar refractivity (Wildman–Crippen MR) is 71.8 cm³/mol. The SMILES string of the molecule is CCN(CC)CC(C)NC1CCCCC1C. The summed E-state index contributed by atoms with van der Waals surface area (Å²) < 4.78 is 0. The van der Waals surface area contributed by atoms with Crippen molar-refractivity contribution >= 4 is 0 Å². The molecule has 2 nitrogen and oxygen atoms in total. The normalized spacial score (nSPS) is 28.3. The molecule has 1 N–H and O–H groups in total. The van der Waals surface area contributed by atoms with Crippen molar-refractivity contribution in [1.29, 1.82) is 0 Å². The zero-order chi connectivity index (χ0) is 12.0. The van der Waals surface area contributed by atoms with Crippen molar-refractivity contribution in [2.45, 2.75) is 65.5 Å². The minimum atomic E-state index is 0.630. The van der Waals surface area contributed by atoms with Crippen LogP contribution in [0.2, 0.25) is 0 Å². The molecule has 1 aliphatic rings. The predicted octanol–water partition coefficient (Wildman–Crippen LogP) is 2.89. The zero-order valence-corrected chi connectivity index (χ0v) is 11.6. The highest BCUT2D eigenvalue weighted by molar-refractivity contribution is 4.81. The summed E-state index contributed by atoms with van der Waals surface area (Å²) in [5.41, 5.74) is 0. The second kappa shape index (κ2) is 7.29. The maximum atomic E-state index is 3.83. The fourth-order valence-corrected chi connectivity index (χ4v) is 2.85. The van der Waals surface area contributed by atoms with Crippen molar-refractivity contribution in [3.05, 3.63) is 0 Å². The van der Waals surface area contributed by atoms with E-state index in [0.29, 0.717) is 6.04 Å². The van der Waals surface area contributed by atoms with Crippen molar-refractivity contribution in [2.75, 3.05) is 19.6 Å². The van der Waals surface area contributed by atoms with E-state index in [4.69, 9.17) is 0 Å². The summed E-state index contributed by atoms with van der Waals surface area (Å²) in [4.78, 5) is 2.51. The molecule has 0 bridgehead atoms. The Bertz CT molecular complexity index is 178. The van der Waals surface area contributed by atoms with E-state index in [-0.39, 0.29) is 0 Å². The highest BCUT2D eigenvalue weighted by Crippen LogP contribution is 2.24. The Morgan fingerprint density at radius 3 is 2.38 bits per heavy atom. The van der Waals surface area contributed by atoms with Gasteiger partial charge in [0.05, 0.1) is 0 Å². The number of rotatable bonds is 6. The second-order valence-corrected chi connectivity index (χ2v) is 5.42. The van der Waals surface area contributed by atoms with Gasteiger partial charge in [0.25, 0.3) is 0 Å². The van der Waals surface area contributed by atoms with E-state index >= 15 is 0 Å². The van der Waals surface area contributed by atoms with Gasteiger partial charge in [-0.15, -0.1) is 0 Å². The first-order valence-electron chi connectivity index (χ1n) is 7.15. The molecule has 1 aliphatic carbocycles. The lowest BCUT2D eigenvalue weighted by atomic mass is 9.85. The molecule has 96 valence electrons. The van der Waals surface area contributed by atoms with Crippen molar-refractivity contribution < 1.29 is 0 Å². The summed E-state index contributed by atoms with van der Waals surface area (Å²) in [5, 5.41) is 3.83. The molecular weight excluding hydrogens is 196 g/mol. The van der Waals surface area contributed by atoms with Gasteiger partial charge in [0.2, 0.25) is 0 Å². The summed E-state index contributed by atoms with van der Waals surface area (Å²) in [6.07, 6.45) is 5.64. The van der Waals surface area contributed by atoms with Gasteiger partial charge in [0.1, 0.15) is 0 Å². The molecule has 1 fully saturated rings. The van der Waals surface area contributed by atoms with E-state index in [1.807, 2.05) is 0 Å². The van der Waals surface area contributed by atoms with Gasteiger partial charge in [-0.2, -0.15) is 0 Å². The summed E-state index contributed by atoms with van der Waals surface area (Å²) in [6, 6.07) is 1.39. The summed E-state index contributed by atoms with van der Waals surface area (Å²) in [5.74, 6) is 0.868. The smallest absolute Gasteiger partial charge is 0.0169 e. The van der Waals surface area contributed by atoms with Crippen LogP contribution in [0.1, 0.15) is 53.4 Å². The molecule has 16 heavy (non-hydrogen) atoms. The average Bonchev–Trinajstić information content (AvgIpc) is 2.29. The number of nitrogens with zero attached hydrogens (tertiary/aromatic N) is 1. The van der Waals surface area contributed by atoms with Crippen LogP contribution in [-0.2, 0) is 0 Å². The van der Waals surface area contributed by atoms with Gasteiger partial charge in [-0.1, -0.05) is 33.6 Å². The molecule has 0 radical (unpaired) electrons. The molecule has 3 atom stereocenters. The molecule has 1 saturated carbocycles. The quantitative estimate of drug-likeness (QED) is 0.749.